The highest BCUT2D eigenvalue weighted by atomic mass is 35.5. The van der Waals surface area contributed by atoms with Crippen molar-refractivity contribution >= 4 is 17.5 Å². The zero-order valence-electron chi connectivity index (χ0n) is 11.1. The molecule has 2 aromatic rings. The highest BCUT2D eigenvalue weighted by molar-refractivity contribution is 6.28. The maximum Gasteiger partial charge on any atom is 0.230 e. The molecule has 1 saturated heterocycles. The van der Waals surface area contributed by atoms with Crippen LogP contribution in [-0.4, -0.2) is 28.0 Å². The number of halogens is 2. The predicted octanol–water partition coefficient (Wildman–Crippen LogP) is 3.24. The van der Waals surface area contributed by atoms with Gasteiger partial charge in [-0.15, -0.1) is 0 Å². The van der Waals surface area contributed by atoms with Crippen LogP contribution in [0.2, 0.25) is 5.28 Å². The highest BCUT2D eigenvalue weighted by Gasteiger charge is 2.18. The Kier molecular flexibility index (Phi) is 3.53. The molecule has 1 fully saturated rings. The quantitative estimate of drug-likeness (QED) is 0.852. The molecule has 3 rings (SSSR count). The van der Waals surface area contributed by atoms with Crippen LogP contribution in [0.5, 0.6) is 0 Å². The average Bonchev–Trinajstić information content (AvgIpc) is 2.95. The van der Waals surface area contributed by atoms with E-state index >= 15 is 0 Å². The lowest BCUT2D eigenvalue weighted by molar-refractivity contribution is 0.627. The van der Waals surface area contributed by atoms with Gasteiger partial charge in [-0.25, -0.2) is 4.39 Å². The largest absolute Gasteiger partial charge is 0.341 e. The molecular weight excluding hydrogens is 279 g/mol. The van der Waals surface area contributed by atoms with Crippen molar-refractivity contribution in [2.45, 2.75) is 19.8 Å². The summed E-state index contributed by atoms with van der Waals surface area (Å²) in [5.41, 5.74) is 1.55. The van der Waals surface area contributed by atoms with Crippen molar-refractivity contribution in [1.29, 1.82) is 0 Å². The molecule has 4 nitrogen and oxygen atoms in total. The SMILES string of the molecule is Cc1ccc(F)cc1-c1nc(Cl)nc(N2CCCC2)n1. The van der Waals surface area contributed by atoms with Crippen LogP contribution in [0.15, 0.2) is 18.2 Å². The van der Waals surface area contributed by atoms with Crippen LogP contribution in [-0.2, 0) is 0 Å². The van der Waals surface area contributed by atoms with Gasteiger partial charge in [0.05, 0.1) is 0 Å². The molecule has 1 aromatic carbocycles. The van der Waals surface area contributed by atoms with Crippen LogP contribution in [0, 0.1) is 12.7 Å². The summed E-state index contributed by atoms with van der Waals surface area (Å²) in [7, 11) is 0. The third kappa shape index (κ3) is 2.58. The van der Waals surface area contributed by atoms with Crippen molar-refractivity contribution in [3.05, 3.63) is 34.9 Å². The Balaban J connectivity index is 2.06. The second-order valence-corrected chi connectivity index (χ2v) is 5.22. The summed E-state index contributed by atoms with van der Waals surface area (Å²) < 4.78 is 13.4. The van der Waals surface area contributed by atoms with Gasteiger partial charge in [-0.1, -0.05) is 6.07 Å². The number of nitrogens with zero attached hydrogens (tertiary/aromatic N) is 4. The van der Waals surface area contributed by atoms with Gasteiger partial charge in [-0.2, -0.15) is 15.0 Å². The molecule has 0 spiro atoms. The first kappa shape index (κ1) is 13.2. The van der Waals surface area contributed by atoms with Gasteiger partial charge in [0.1, 0.15) is 5.82 Å². The lowest BCUT2D eigenvalue weighted by Crippen LogP contribution is -2.21. The fourth-order valence-corrected chi connectivity index (χ4v) is 2.51. The summed E-state index contributed by atoms with van der Waals surface area (Å²) in [6, 6.07) is 4.55. The number of hydrogen-bond acceptors (Lipinski definition) is 4. The standard InChI is InChI=1S/C14H14ClFN4/c1-9-4-5-10(16)8-11(9)12-17-13(15)19-14(18-12)20-6-2-3-7-20/h4-5,8H,2-3,6-7H2,1H3. The van der Waals surface area contributed by atoms with Gasteiger partial charge in [-0.05, 0) is 49.1 Å². The van der Waals surface area contributed by atoms with Gasteiger partial charge >= 0.3 is 0 Å². The first-order valence-corrected chi connectivity index (χ1v) is 6.94. The minimum atomic E-state index is -0.315. The summed E-state index contributed by atoms with van der Waals surface area (Å²) >= 11 is 5.99. The molecule has 0 bridgehead atoms. The molecule has 0 aliphatic carbocycles. The van der Waals surface area contributed by atoms with Crippen LogP contribution < -0.4 is 4.90 Å². The molecule has 1 aliphatic heterocycles. The van der Waals surface area contributed by atoms with Crippen LogP contribution in [0.4, 0.5) is 10.3 Å². The fraction of sp³-hybridized carbons (Fsp3) is 0.357. The summed E-state index contributed by atoms with van der Waals surface area (Å²) in [4.78, 5) is 14.8. The predicted molar refractivity (Wildman–Crippen MR) is 76.4 cm³/mol. The molecule has 20 heavy (non-hydrogen) atoms. The number of aromatic nitrogens is 3. The Morgan fingerprint density at radius 1 is 1.15 bits per heavy atom. The molecule has 0 radical (unpaired) electrons. The van der Waals surface area contributed by atoms with Crippen molar-refractivity contribution in [2.75, 3.05) is 18.0 Å². The van der Waals surface area contributed by atoms with Crippen molar-refractivity contribution in [2.24, 2.45) is 0 Å². The Labute approximate surface area is 121 Å². The van der Waals surface area contributed by atoms with Gasteiger partial charge in [0, 0.05) is 18.7 Å². The lowest BCUT2D eigenvalue weighted by atomic mass is 10.1. The Bertz CT molecular complexity index is 641. The zero-order valence-corrected chi connectivity index (χ0v) is 11.9. The second-order valence-electron chi connectivity index (χ2n) is 4.88. The summed E-state index contributed by atoms with van der Waals surface area (Å²) in [5.74, 6) is 0.676. The van der Waals surface area contributed by atoms with E-state index in [-0.39, 0.29) is 11.1 Å². The van der Waals surface area contributed by atoms with E-state index in [2.05, 4.69) is 19.9 Å². The molecule has 1 aromatic heterocycles. The summed E-state index contributed by atoms with van der Waals surface area (Å²) in [5, 5.41) is 0.139. The van der Waals surface area contributed by atoms with Gasteiger partial charge in [0.15, 0.2) is 5.82 Å². The Hall–Kier alpha value is -1.75. The molecule has 6 heteroatoms. The molecular formula is C14H14ClFN4. The van der Waals surface area contributed by atoms with Gasteiger partial charge in [-0.3, -0.25) is 0 Å². The van der Waals surface area contributed by atoms with Crippen molar-refractivity contribution in [1.82, 2.24) is 15.0 Å². The molecule has 0 N–H and O–H groups in total. The third-order valence-electron chi connectivity index (χ3n) is 3.43. The van der Waals surface area contributed by atoms with Crippen LogP contribution >= 0.6 is 11.6 Å². The van der Waals surface area contributed by atoms with Crippen molar-refractivity contribution in [3.8, 4) is 11.4 Å². The van der Waals surface area contributed by atoms with E-state index in [4.69, 9.17) is 11.6 Å². The Morgan fingerprint density at radius 3 is 2.65 bits per heavy atom. The van der Waals surface area contributed by atoms with E-state index < -0.39 is 0 Å². The van der Waals surface area contributed by atoms with E-state index in [9.17, 15) is 4.39 Å². The summed E-state index contributed by atoms with van der Waals surface area (Å²) in [6.45, 7) is 3.73. The number of benzene rings is 1. The maximum atomic E-state index is 13.4. The Morgan fingerprint density at radius 2 is 1.90 bits per heavy atom. The number of anilines is 1. The molecule has 0 atom stereocenters. The first-order chi connectivity index (χ1) is 9.63. The fourth-order valence-electron chi connectivity index (χ4n) is 2.35. The second kappa shape index (κ2) is 5.32. The van der Waals surface area contributed by atoms with Gasteiger partial charge in [0.25, 0.3) is 0 Å². The molecule has 104 valence electrons. The maximum absolute atomic E-state index is 13.4. The minimum absolute atomic E-state index is 0.139. The molecule has 2 heterocycles. The van der Waals surface area contributed by atoms with E-state index in [0.717, 1.165) is 31.5 Å². The minimum Gasteiger partial charge on any atom is -0.341 e. The number of rotatable bonds is 2. The van der Waals surface area contributed by atoms with Crippen LogP contribution in [0.25, 0.3) is 11.4 Å². The average molecular weight is 293 g/mol. The lowest BCUT2D eigenvalue weighted by Gasteiger charge is -2.16. The third-order valence-corrected chi connectivity index (χ3v) is 3.59. The normalized spacial score (nSPS) is 14.8. The molecule has 0 unspecified atom stereocenters. The number of hydrogen-bond donors (Lipinski definition) is 0. The highest BCUT2D eigenvalue weighted by Crippen LogP contribution is 2.25. The number of aryl methyl sites for hydroxylation is 1. The monoisotopic (exact) mass is 292 g/mol. The van der Waals surface area contributed by atoms with Crippen LogP contribution in [0.3, 0.4) is 0 Å². The summed E-state index contributed by atoms with van der Waals surface area (Å²) in [6.07, 6.45) is 2.25. The van der Waals surface area contributed by atoms with Crippen LogP contribution in [0.1, 0.15) is 18.4 Å². The van der Waals surface area contributed by atoms with Gasteiger partial charge in [0.2, 0.25) is 11.2 Å². The molecule has 1 aliphatic rings. The van der Waals surface area contributed by atoms with E-state index in [0.29, 0.717) is 17.3 Å². The van der Waals surface area contributed by atoms with Crippen molar-refractivity contribution in [3.63, 3.8) is 0 Å². The van der Waals surface area contributed by atoms with Gasteiger partial charge < -0.3 is 4.90 Å². The van der Waals surface area contributed by atoms with E-state index in [1.807, 2.05) is 6.92 Å². The topological polar surface area (TPSA) is 41.9 Å². The molecule has 0 amide bonds. The van der Waals surface area contributed by atoms with E-state index in [1.165, 1.54) is 12.1 Å². The van der Waals surface area contributed by atoms with E-state index in [1.54, 1.807) is 6.07 Å². The first-order valence-electron chi connectivity index (χ1n) is 6.56. The van der Waals surface area contributed by atoms with Crippen molar-refractivity contribution < 1.29 is 4.39 Å². The molecule has 0 saturated carbocycles. The zero-order chi connectivity index (χ0) is 14.1. The smallest absolute Gasteiger partial charge is 0.230 e.